The lowest BCUT2D eigenvalue weighted by atomic mass is 10.2. The van der Waals surface area contributed by atoms with Crippen molar-refractivity contribution in [3.05, 3.63) is 33.1 Å². The van der Waals surface area contributed by atoms with E-state index in [1.54, 1.807) is 12.1 Å². The summed E-state index contributed by atoms with van der Waals surface area (Å²) in [5, 5.41) is 3.47. The Kier molecular flexibility index (Phi) is 3.46. The zero-order chi connectivity index (χ0) is 8.97. The van der Waals surface area contributed by atoms with Gasteiger partial charge in [-0.3, -0.25) is 0 Å². The predicted molar refractivity (Wildman–Crippen MR) is 53.7 cm³/mol. The lowest BCUT2D eigenvalue weighted by Gasteiger charge is -1.95. The van der Waals surface area contributed by atoms with Crippen molar-refractivity contribution in [3.8, 4) is 0 Å². The van der Waals surface area contributed by atoms with Gasteiger partial charge in [0.15, 0.2) is 0 Å². The van der Waals surface area contributed by atoms with Crippen LogP contribution in [0.15, 0.2) is 23.4 Å². The van der Waals surface area contributed by atoms with Crippen LogP contribution in [0, 0.1) is 9.39 Å². The van der Waals surface area contributed by atoms with Gasteiger partial charge in [0.25, 0.3) is 0 Å². The van der Waals surface area contributed by atoms with Crippen molar-refractivity contribution in [2.24, 2.45) is 5.16 Å². The molecule has 0 fully saturated rings. The van der Waals surface area contributed by atoms with Crippen LogP contribution in [0.4, 0.5) is 4.39 Å². The van der Waals surface area contributed by atoms with E-state index in [0.29, 0.717) is 5.56 Å². The molecule has 0 aromatic heterocycles. The van der Waals surface area contributed by atoms with E-state index in [2.05, 4.69) is 9.99 Å². The first-order valence-corrected chi connectivity index (χ1v) is 4.33. The quantitative estimate of drug-likeness (QED) is 0.463. The molecule has 64 valence electrons. The molecule has 0 spiro atoms. The number of halogens is 2. The molecule has 0 aliphatic carbocycles. The van der Waals surface area contributed by atoms with Crippen LogP contribution in [-0.4, -0.2) is 13.3 Å². The first kappa shape index (κ1) is 9.44. The maximum Gasteiger partial charge on any atom is 0.133 e. The van der Waals surface area contributed by atoms with Gasteiger partial charge in [0.1, 0.15) is 12.9 Å². The number of nitrogens with zero attached hydrogens (tertiary/aromatic N) is 1. The van der Waals surface area contributed by atoms with Crippen molar-refractivity contribution in [1.82, 2.24) is 0 Å². The Labute approximate surface area is 83.6 Å². The fourth-order valence-corrected chi connectivity index (χ4v) is 1.17. The first-order valence-electron chi connectivity index (χ1n) is 3.25. The molecule has 1 aromatic carbocycles. The molecule has 0 aliphatic rings. The normalized spacial score (nSPS) is 10.6. The minimum atomic E-state index is -0.289. The van der Waals surface area contributed by atoms with Crippen molar-refractivity contribution < 1.29 is 9.23 Å². The second kappa shape index (κ2) is 4.39. The number of benzene rings is 1. The van der Waals surface area contributed by atoms with Crippen molar-refractivity contribution in [2.75, 3.05) is 7.11 Å². The fraction of sp³-hybridized carbons (Fsp3) is 0.125. The minimum absolute atomic E-state index is 0.289. The molecule has 0 unspecified atom stereocenters. The zero-order valence-electron chi connectivity index (χ0n) is 6.42. The largest absolute Gasteiger partial charge is 0.399 e. The second-order valence-electron chi connectivity index (χ2n) is 2.08. The summed E-state index contributed by atoms with van der Waals surface area (Å²) < 4.78 is 13.9. The van der Waals surface area contributed by atoms with Gasteiger partial charge in [-0.25, -0.2) is 4.39 Å². The van der Waals surface area contributed by atoms with Crippen LogP contribution < -0.4 is 0 Å². The summed E-state index contributed by atoms with van der Waals surface area (Å²) in [4.78, 5) is 4.43. The van der Waals surface area contributed by atoms with Crippen LogP contribution in [0.3, 0.4) is 0 Å². The maximum absolute atomic E-state index is 13.0. The Morgan fingerprint density at radius 1 is 1.58 bits per heavy atom. The average Bonchev–Trinajstić information content (AvgIpc) is 2.03. The average molecular weight is 279 g/mol. The van der Waals surface area contributed by atoms with Crippen LogP contribution in [0.25, 0.3) is 0 Å². The number of oxime groups is 1. The van der Waals surface area contributed by atoms with E-state index in [-0.39, 0.29) is 5.82 Å². The summed E-state index contributed by atoms with van der Waals surface area (Å²) in [6.45, 7) is 0. The molecule has 0 heterocycles. The number of hydrogen-bond donors (Lipinski definition) is 0. The summed E-state index contributed by atoms with van der Waals surface area (Å²) in [6, 6.07) is 4.90. The van der Waals surface area contributed by atoms with Crippen molar-refractivity contribution >= 4 is 28.8 Å². The van der Waals surface area contributed by atoms with E-state index in [0.717, 1.165) is 3.57 Å². The topological polar surface area (TPSA) is 21.6 Å². The number of hydrogen-bond acceptors (Lipinski definition) is 2. The van der Waals surface area contributed by atoms with Gasteiger partial charge in [0.2, 0.25) is 0 Å². The molecule has 4 heteroatoms. The van der Waals surface area contributed by atoms with Crippen LogP contribution in [-0.2, 0) is 4.84 Å². The monoisotopic (exact) mass is 279 g/mol. The zero-order valence-corrected chi connectivity index (χ0v) is 8.58. The molecular weight excluding hydrogens is 272 g/mol. The predicted octanol–water partition coefficient (Wildman–Crippen LogP) is 2.41. The van der Waals surface area contributed by atoms with Gasteiger partial charge < -0.3 is 4.84 Å². The molecule has 12 heavy (non-hydrogen) atoms. The van der Waals surface area contributed by atoms with E-state index in [9.17, 15) is 4.39 Å². The van der Waals surface area contributed by atoms with Gasteiger partial charge >= 0.3 is 0 Å². The highest BCUT2D eigenvalue weighted by Gasteiger charge is 1.98. The summed E-state index contributed by atoms with van der Waals surface area (Å²) >= 11 is 2.04. The molecule has 0 radical (unpaired) electrons. The van der Waals surface area contributed by atoms with Crippen LogP contribution in [0.5, 0.6) is 0 Å². The van der Waals surface area contributed by atoms with Crippen molar-refractivity contribution in [1.29, 1.82) is 0 Å². The highest BCUT2D eigenvalue weighted by molar-refractivity contribution is 14.1. The third-order valence-electron chi connectivity index (χ3n) is 1.26. The first-order chi connectivity index (χ1) is 5.74. The molecule has 0 atom stereocenters. The van der Waals surface area contributed by atoms with E-state index in [4.69, 9.17) is 0 Å². The summed E-state index contributed by atoms with van der Waals surface area (Å²) in [7, 11) is 1.42. The second-order valence-corrected chi connectivity index (χ2v) is 3.33. The van der Waals surface area contributed by atoms with Gasteiger partial charge in [-0.2, -0.15) is 0 Å². The van der Waals surface area contributed by atoms with Crippen LogP contribution >= 0.6 is 22.6 Å². The van der Waals surface area contributed by atoms with Gasteiger partial charge in [0, 0.05) is 9.13 Å². The van der Waals surface area contributed by atoms with Gasteiger partial charge in [-0.15, -0.1) is 0 Å². The van der Waals surface area contributed by atoms with E-state index in [1.807, 2.05) is 22.6 Å². The maximum atomic E-state index is 13.0. The SMILES string of the molecule is CO/N=C/c1ccc(I)cc1F. The Morgan fingerprint density at radius 2 is 2.33 bits per heavy atom. The summed E-state index contributed by atoms with van der Waals surface area (Å²) in [5.74, 6) is -0.289. The molecule has 1 rings (SSSR count). The van der Waals surface area contributed by atoms with E-state index >= 15 is 0 Å². The van der Waals surface area contributed by atoms with Crippen LogP contribution in [0.2, 0.25) is 0 Å². The van der Waals surface area contributed by atoms with Crippen molar-refractivity contribution in [2.45, 2.75) is 0 Å². The fourth-order valence-electron chi connectivity index (χ4n) is 0.716. The summed E-state index contributed by atoms with van der Waals surface area (Å²) in [5.41, 5.74) is 0.428. The molecule has 0 saturated heterocycles. The minimum Gasteiger partial charge on any atom is -0.399 e. The smallest absolute Gasteiger partial charge is 0.133 e. The lowest BCUT2D eigenvalue weighted by Crippen LogP contribution is -1.88. The molecule has 1 aromatic rings. The highest BCUT2D eigenvalue weighted by Crippen LogP contribution is 2.10. The third-order valence-corrected chi connectivity index (χ3v) is 1.93. The third kappa shape index (κ3) is 2.44. The molecule has 0 aliphatic heterocycles. The Balaban J connectivity index is 2.94. The standard InChI is InChI=1S/C8H7FINO/c1-12-11-5-6-2-3-7(10)4-8(6)9/h2-5H,1H3/b11-5+. The number of rotatable bonds is 2. The van der Waals surface area contributed by atoms with Crippen molar-refractivity contribution in [3.63, 3.8) is 0 Å². The van der Waals surface area contributed by atoms with Gasteiger partial charge in [-0.05, 0) is 40.8 Å². The lowest BCUT2D eigenvalue weighted by molar-refractivity contribution is 0.215. The Hall–Kier alpha value is -0.650. The molecule has 0 amide bonds. The molecule has 0 saturated carbocycles. The highest BCUT2D eigenvalue weighted by atomic mass is 127. The van der Waals surface area contributed by atoms with E-state index in [1.165, 1.54) is 19.4 Å². The molecule has 0 N–H and O–H groups in total. The Bertz CT molecular complexity index is 301. The summed E-state index contributed by atoms with van der Waals surface area (Å²) in [6.07, 6.45) is 1.34. The molecular formula is C8H7FINO. The van der Waals surface area contributed by atoms with Gasteiger partial charge in [-0.1, -0.05) is 5.16 Å². The van der Waals surface area contributed by atoms with E-state index < -0.39 is 0 Å². The molecule has 0 bridgehead atoms. The van der Waals surface area contributed by atoms with Crippen LogP contribution in [0.1, 0.15) is 5.56 Å². The van der Waals surface area contributed by atoms with Gasteiger partial charge in [0.05, 0.1) is 6.21 Å². The Morgan fingerprint density at radius 3 is 2.92 bits per heavy atom. The molecule has 2 nitrogen and oxygen atoms in total.